The van der Waals surface area contributed by atoms with E-state index in [1.54, 1.807) is 18.2 Å². The molecular formula is C30H30O7S. The third-order valence-electron chi connectivity index (χ3n) is 5.81. The van der Waals surface area contributed by atoms with E-state index in [1.807, 2.05) is 67.6 Å². The van der Waals surface area contributed by atoms with Gasteiger partial charge in [-0.2, -0.15) is 8.42 Å². The van der Waals surface area contributed by atoms with Crippen molar-refractivity contribution in [3.63, 3.8) is 0 Å². The van der Waals surface area contributed by atoms with Gasteiger partial charge in [0, 0.05) is 24.1 Å². The number of aliphatic hydroxyl groups is 1. The number of aryl methyl sites for hydroxylation is 1. The fourth-order valence-corrected chi connectivity index (χ4v) is 4.68. The molecule has 0 amide bonds. The standard InChI is InChI=1S/C30H30O7S/c1-22-12-14-27(15-13-22)38(33,34)37-21-25(31)16-28-29(32)17-26(35-19-23-8-4-2-5-9-23)18-30(28)36-20-24-10-6-3-7-11-24/h2-15,17-18,25,31-32H,16,19-21H2,1H3. The molecule has 4 rings (SSSR count). The third-order valence-corrected chi connectivity index (χ3v) is 7.11. The Bertz CT molecular complexity index is 1420. The Morgan fingerprint density at radius 3 is 1.97 bits per heavy atom. The normalized spacial score (nSPS) is 12.2. The van der Waals surface area contributed by atoms with Gasteiger partial charge in [0.2, 0.25) is 0 Å². The summed E-state index contributed by atoms with van der Waals surface area (Å²) in [6.07, 6.45) is -1.32. The summed E-state index contributed by atoms with van der Waals surface area (Å²) in [6, 6.07) is 28.5. The molecule has 8 heteroatoms. The quantitative estimate of drug-likeness (QED) is 0.242. The van der Waals surface area contributed by atoms with E-state index in [1.165, 1.54) is 18.2 Å². The van der Waals surface area contributed by atoms with E-state index in [9.17, 15) is 18.6 Å². The molecule has 2 N–H and O–H groups in total. The van der Waals surface area contributed by atoms with E-state index in [0.717, 1.165) is 16.7 Å². The zero-order valence-corrected chi connectivity index (χ0v) is 21.8. The van der Waals surface area contributed by atoms with Crippen molar-refractivity contribution in [1.82, 2.24) is 0 Å². The topological polar surface area (TPSA) is 102 Å². The molecule has 0 heterocycles. The van der Waals surface area contributed by atoms with Gasteiger partial charge in [-0.1, -0.05) is 78.4 Å². The average molecular weight is 535 g/mol. The van der Waals surface area contributed by atoms with Gasteiger partial charge in [-0.3, -0.25) is 4.18 Å². The maximum Gasteiger partial charge on any atom is 0.297 e. The Labute approximate surface area is 223 Å². The molecule has 0 aliphatic carbocycles. The zero-order valence-electron chi connectivity index (χ0n) is 21.0. The summed E-state index contributed by atoms with van der Waals surface area (Å²) >= 11 is 0. The second kappa shape index (κ2) is 12.6. The molecule has 198 valence electrons. The highest BCUT2D eigenvalue weighted by Gasteiger charge is 2.21. The lowest BCUT2D eigenvalue weighted by molar-refractivity contribution is 0.109. The van der Waals surface area contributed by atoms with Crippen molar-refractivity contribution in [2.24, 2.45) is 0 Å². The third kappa shape index (κ3) is 7.58. The molecule has 0 saturated heterocycles. The van der Waals surface area contributed by atoms with Gasteiger partial charge in [0.15, 0.2) is 0 Å². The summed E-state index contributed by atoms with van der Waals surface area (Å²) in [4.78, 5) is 0.00458. The van der Waals surface area contributed by atoms with Crippen LogP contribution in [-0.2, 0) is 33.9 Å². The Balaban J connectivity index is 1.49. The molecule has 1 atom stereocenters. The molecule has 0 aliphatic heterocycles. The smallest absolute Gasteiger partial charge is 0.297 e. The van der Waals surface area contributed by atoms with E-state index in [-0.39, 0.29) is 23.7 Å². The van der Waals surface area contributed by atoms with Crippen molar-refractivity contribution in [2.45, 2.75) is 37.6 Å². The van der Waals surface area contributed by atoms with Gasteiger partial charge in [0.1, 0.15) is 30.5 Å². The van der Waals surface area contributed by atoms with Crippen LogP contribution in [0.15, 0.2) is 102 Å². The molecule has 1 unspecified atom stereocenters. The largest absolute Gasteiger partial charge is 0.507 e. The van der Waals surface area contributed by atoms with E-state index in [4.69, 9.17) is 13.7 Å². The summed E-state index contributed by atoms with van der Waals surface area (Å²) < 4.78 is 42.0. The molecule has 0 bridgehead atoms. The molecule has 0 spiro atoms. The van der Waals surface area contributed by atoms with E-state index in [2.05, 4.69) is 0 Å². The number of phenols is 1. The van der Waals surface area contributed by atoms with Crippen LogP contribution in [0.1, 0.15) is 22.3 Å². The van der Waals surface area contributed by atoms with E-state index >= 15 is 0 Å². The van der Waals surface area contributed by atoms with Crippen LogP contribution in [0.5, 0.6) is 17.2 Å². The predicted molar refractivity (Wildman–Crippen MR) is 144 cm³/mol. The highest BCUT2D eigenvalue weighted by atomic mass is 32.2. The van der Waals surface area contributed by atoms with Gasteiger partial charge in [0.25, 0.3) is 10.1 Å². The van der Waals surface area contributed by atoms with Crippen LogP contribution in [0.2, 0.25) is 0 Å². The first-order valence-corrected chi connectivity index (χ1v) is 13.5. The van der Waals surface area contributed by atoms with Crippen molar-refractivity contribution in [2.75, 3.05) is 6.61 Å². The fraction of sp³-hybridized carbons (Fsp3) is 0.200. The molecule has 0 aromatic heterocycles. The number of phenolic OH excluding ortho intramolecular Hbond substituents is 1. The number of rotatable bonds is 12. The van der Waals surface area contributed by atoms with E-state index < -0.39 is 22.8 Å². The molecular weight excluding hydrogens is 504 g/mol. The van der Waals surface area contributed by atoms with Crippen LogP contribution in [0.25, 0.3) is 0 Å². The van der Waals surface area contributed by atoms with Crippen LogP contribution >= 0.6 is 0 Å². The van der Waals surface area contributed by atoms with Crippen molar-refractivity contribution >= 4 is 10.1 Å². The highest BCUT2D eigenvalue weighted by molar-refractivity contribution is 7.86. The summed E-state index contributed by atoms with van der Waals surface area (Å²) in [6.45, 7) is 1.89. The first kappa shape index (κ1) is 27.2. The Morgan fingerprint density at radius 2 is 1.37 bits per heavy atom. The molecule has 0 aliphatic rings. The first-order valence-electron chi connectivity index (χ1n) is 12.1. The molecule has 0 radical (unpaired) electrons. The Morgan fingerprint density at radius 1 is 0.789 bits per heavy atom. The van der Waals surface area contributed by atoms with E-state index in [0.29, 0.717) is 23.7 Å². The number of hydrogen-bond acceptors (Lipinski definition) is 7. The molecule has 38 heavy (non-hydrogen) atoms. The minimum Gasteiger partial charge on any atom is -0.507 e. The number of benzene rings is 4. The summed E-state index contributed by atoms with van der Waals surface area (Å²) in [5, 5.41) is 21.4. The van der Waals surface area contributed by atoms with Crippen LogP contribution in [0.3, 0.4) is 0 Å². The summed E-state index contributed by atoms with van der Waals surface area (Å²) in [7, 11) is -4.05. The number of aromatic hydroxyl groups is 1. The lowest BCUT2D eigenvalue weighted by Crippen LogP contribution is -2.21. The van der Waals surface area contributed by atoms with Gasteiger partial charge in [-0.25, -0.2) is 0 Å². The minimum absolute atomic E-state index is 0.00458. The van der Waals surface area contributed by atoms with Crippen molar-refractivity contribution in [3.8, 4) is 17.2 Å². The maximum absolute atomic E-state index is 12.5. The second-order valence-electron chi connectivity index (χ2n) is 8.88. The number of hydrogen-bond donors (Lipinski definition) is 2. The molecule has 4 aromatic carbocycles. The van der Waals surface area contributed by atoms with Gasteiger partial charge in [-0.05, 0) is 30.2 Å². The van der Waals surface area contributed by atoms with Crippen LogP contribution in [-0.4, -0.2) is 31.3 Å². The van der Waals surface area contributed by atoms with Crippen molar-refractivity contribution in [3.05, 3.63) is 119 Å². The Kier molecular flexibility index (Phi) is 9.02. The maximum atomic E-state index is 12.5. The van der Waals surface area contributed by atoms with Crippen molar-refractivity contribution in [1.29, 1.82) is 0 Å². The monoisotopic (exact) mass is 534 g/mol. The van der Waals surface area contributed by atoms with Gasteiger partial charge >= 0.3 is 0 Å². The SMILES string of the molecule is Cc1ccc(S(=O)(=O)OCC(O)Cc2c(O)cc(OCc3ccccc3)cc2OCc2ccccc2)cc1. The van der Waals surface area contributed by atoms with Gasteiger partial charge < -0.3 is 19.7 Å². The second-order valence-corrected chi connectivity index (χ2v) is 10.5. The highest BCUT2D eigenvalue weighted by Crippen LogP contribution is 2.35. The fourth-order valence-electron chi connectivity index (χ4n) is 3.74. The van der Waals surface area contributed by atoms with Crippen molar-refractivity contribution < 1.29 is 32.3 Å². The molecule has 0 saturated carbocycles. The summed E-state index contributed by atoms with van der Waals surface area (Å²) in [5.74, 6) is 0.572. The lowest BCUT2D eigenvalue weighted by Gasteiger charge is -2.18. The lowest BCUT2D eigenvalue weighted by atomic mass is 10.1. The average Bonchev–Trinajstić information content (AvgIpc) is 2.92. The van der Waals surface area contributed by atoms with Gasteiger partial charge in [0.05, 0.1) is 17.6 Å². The van der Waals surface area contributed by atoms with Crippen LogP contribution < -0.4 is 9.47 Å². The summed E-state index contributed by atoms with van der Waals surface area (Å²) in [5.41, 5.74) is 3.11. The Hall–Kier alpha value is -3.85. The molecule has 4 aromatic rings. The number of ether oxygens (including phenoxy) is 2. The van der Waals surface area contributed by atoms with Crippen LogP contribution in [0.4, 0.5) is 0 Å². The van der Waals surface area contributed by atoms with Gasteiger partial charge in [-0.15, -0.1) is 0 Å². The zero-order chi connectivity index (χ0) is 27.0. The molecule has 0 fully saturated rings. The first-order chi connectivity index (χ1) is 18.3. The molecule has 7 nitrogen and oxygen atoms in total. The predicted octanol–water partition coefficient (Wildman–Crippen LogP) is 5.17. The number of aliphatic hydroxyl groups excluding tert-OH is 1. The minimum atomic E-state index is -4.05. The van der Waals surface area contributed by atoms with Crippen LogP contribution in [0, 0.1) is 6.92 Å².